The molecule has 0 saturated carbocycles. The summed E-state index contributed by atoms with van der Waals surface area (Å²) < 4.78 is 0. The highest BCUT2D eigenvalue weighted by Gasteiger charge is 2.24. The average Bonchev–Trinajstić information content (AvgIpc) is 2.75. The smallest absolute Gasteiger partial charge is 0.255 e. The van der Waals surface area contributed by atoms with E-state index in [1.165, 1.54) is 6.42 Å². The van der Waals surface area contributed by atoms with Gasteiger partial charge < -0.3 is 15.1 Å². The highest BCUT2D eigenvalue weighted by Crippen LogP contribution is 2.23. The standard InChI is InChI=1S/C26H35N3O2/c1-6-28(18(2)3)23-13-10-21(11-14-23)25(30)27-24-15-12-22(17-19(24)4)26(31)29-16-8-7-9-20(29)5/h10-15,17-18,20H,6-9,16H2,1-5H3,(H,27,30). The van der Waals surface area contributed by atoms with Crippen molar-refractivity contribution in [2.75, 3.05) is 23.3 Å². The fraction of sp³-hybridized carbons (Fsp3) is 0.462. The highest BCUT2D eigenvalue weighted by molar-refractivity contribution is 6.05. The van der Waals surface area contributed by atoms with Crippen LogP contribution in [0.25, 0.3) is 0 Å². The predicted molar refractivity (Wildman–Crippen MR) is 128 cm³/mol. The van der Waals surface area contributed by atoms with Crippen molar-refractivity contribution in [1.29, 1.82) is 0 Å². The van der Waals surface area contributed by atoms with Gasteiger partial charge in [-0.1, -0.05) is 0 Å². The number of likely N-dealkylation sites (tertiary alicyclic amines) is 1. The van der Waals surface area contributed by atoms with Gasteiger partial charge in [0, 0.05) is 47.7 Å². The lowest BCUT2D eigenvalue weighted by Gasteiger charge is -2.33. The first kappa shape index (κ1) is 22.9. The lowest BCUT2D eigenvalue weighted by molar-refractivity contribution is 0.0635. The van der Waals surface area contributed by atoms with Gasteiger partial charge in [-0.15, -0.1) is 0 Å². The van der Waals surface area contributed by atoms with Crippen LogP contribution in [0.5, 0.6) is 0 Å². The van der Waals surface area contributed by atoms with Gasteiger partial charge in [-0.25, -0.2) is 0 Å². The predicted octanol–water partition coefficient (Wildman–Crippen LogP) is 5.50. The van der Waals surface area contributed by atoms with E-state index in [2.05, 4.69) is 37.9 Å². The van der Waals surface area contributed by atoms with E-state index < -0.39 is 0 Å². The first-order chi connectivity index (χ1) is 14.8. The zero-order chi connectivity index (χ0) is 22.5. The molecule has 1 atom stereocenters. The normalized spacial score (nSPS) is 16.3. The zero-order valence-electron chi connectivity index (χ0n) is 19.4. The summed E-state index contributed by atoms with van der Waals surface area (Å²) in [6.45, 7) is 12.2. The Hall–Kier alpha value is -2.82. The number of carbonyl (C=O) groups excluding carboxylic acids is 2. The number of carbonyl (C=O) groups is 2. The molecular weight excluding hydrogens is 386 g/mol. The van der Waals surface area contributed by atoms with Crippen LogP contribution in [0.1, 0.15) is 73.2 Å². The molecule has 0 radical (unpaired) electrons. The van der Waals surface area contributed by atoms with E-state index in [1.807, 2.05) is 54.3 Å². The monoisotopic (exact) mass is 421 g/mol. The summed E-state index contributed by atoms with van der Waals surface area (Å²) >= 11 is 0. The number of anilines is 2. The molecule has 3 rings (SSSR count). The van der Waals surface area contributed by atoms with Gasteiger partial charge in [-0.3, -0.25) is 9.59 Å². The lowest BCUT2D eigenvalue weighted by Crippen LogP contribution is -2.42. The number of piperidine rings is 1. The van der Waals surface area contributed by atoms with E-state index in [1.54, 1.807) is 0 Å². The topological polar surface area (TPSA) is 52.7 Å². The average molecular weight is 422 g/mol. The van der Waals surface area contributed by atoms with Crippen LogP contribution in [0.3, 0.4) is 0 Å². The molecule has 0 aliphatic carbocycles. The van der Waals surface area contributed by atoms with Gasteiger partial charge in [0.2, 0.25) is 0 Å². The third kappa shape index (κ3) is 5.27. The van der Waals surface area contributed by atoms with Gasteiger partial charge in [-0.2, -0.15) is 0 Å². The molecule has 2 aromatic rings. The van der Waals surface area contributed by atoms with Gasteiger partial charge in [0.15, 0.2) is 0 Å². The molecule has 5 heteroatoms. The fourth-order valence-corrected chi connectivity index (χ4v) is 4.35. The second-order valence-electron chi connectivity index (χ2n) is 8.75. The second kappa shape index (κ2) is 9.99. The van der Waals surface area contributed by atoms with Gasteiger partial charge in [-0.05, 0) is 102 Å². The lowest BCUT2D eigenvalue weighted by atomic mass is 10.0. The van der Waals surface area contributed by atoms with E-state index in [0.29, 0.717) is 17.2 Å². The summed E-state index contributed by atoms with van der Waals surface area (Å²) in [6.07, 6.45) is 3.31. The van der Waals surface area contributed by atoms with Crippen LogP contribution in [0.4, 0.5) is 11.4 Å². The molecule has 1 aliphatic rings. The zero-order valence-corrected chi connectivity index (χ0v) is 19.4. The molecule has 166 valence electrons. The molecule has 5 nitrogen and oxygen atoms in total. The number of benzene rings is 2. The maximum Gasteiger partial charge on any atom is 0.255 e. The van der Waals surface area contributed by atoms with Crippen molar-refractivity contribution >= 4 is 23.2 Å². The quantitative estimate of drug-likeness (QED) is 0.670. The van der Waals surface area contributed by atoms with E-state index in [9.17, 15) is 9.59 Å². The molecule has 0 bridgehead atoms. The Morgan fingerprint density at radius 3 is 2.35 bits per heavy atom. The van der Waals surface area contributed by atoms with Gasteiger partial charge in [0.05, 0.1) is 0 Å². The Morgan fingerprint density at radius 1 is 1.10 bits per heavy atom. The van der Waals surface area contributed by atoms with Crippen molar-refractivity contribution in [2.45, 2.75) is 66.0 Å². The summed E-state index contributed by atoms with van der Waals surface area (Å²) in [4.78, 5) is 29.9. The molecule has 31 heavy (non-hydrogen) atoms. The first-order valence-corrected chi connectivity index (χ1v) is 11.4. The number of nitrogens with zero attached hydrogens (tertiary/aromatic N) is 2. The molecule has 1 saturated heterocycles. The maximum atomic E-state index is 12.9. The van der Waals surface area contributed by atoms with Crippen LogP contribution in [-0.2, 0) is 0 Å². The molecular formula is C26H35N3O2. The number of aryl methyl sites for hydroxylation is 1. The minimum Gasteiger partial charge on any atom is -0.369 e. The SMILES string of the molecule is CCN(c1ccc(C(=O)Nc2ccc(C(=O)N3CCCCC3C)cc2C)cc1)C(C)C. The van der Waals surface area contributed by atoms with Crippen LogP contribution >= 0.6 is 0 Å². The van der Waals surface area contributed by atoms with Crippen LogP contribution in [-0.4, -0.2) is 41.9 Å². The molecule has 1 N–H and O–H groups in total. The third-order valence-corrected chi connectivity index (χ3v) is 6.21. The van der Waals surface area contributed by atoms with Gasteiger partial charge in [0.1, 0.15) is 0 Å². The van der Waals surface area contributed by atoms with Crippen molar-refractivity contribution in [1.82, 2.24) is 4.90 Å². The molecule has 1 aliphatic heterocycles. The van der Waals surface area contributed by atoms with E-state index >= 15 is 0 Å². The molecule has 2 aromatic carbocycles. The molecule has 0 aromatic heterocycles. The molecule has 0 spiro atoms. The summed E-state index contributed by atoms with van der Waals surface area (Å²) in [5, 5.41) is 2.99. The number of amides is 2. The van der Waals surface area contributed by atoms with E-state index in [0.717, 1.165) is 42.9 Å². The maximum absolute atomic E-state index is 12.9. The summed E-state index contributed by atoms with van der Waals surface area (Å²) in [5.74, 6) is -0.0691. The van der Waals surface area contributed by atoms with Crippen molar-refractivity contribution in [3.63, 3.8) is 0 Å². The van der Waals surface area contributed by atoms with Crippen molar-refractivity contribution < 1.29 is 9.59 Å². The number of nitrogens with one attached hydrogen (secondary N) is 1. The Morgan fingerprint density at radius 2 is 1.77 bits per heavy atom. The largest absolute Gasteiger partial charge is 0.369 e. The van der Waals surface area contributed by atoms with Crippen LogP contribution in [0.15, 0.2) is 42.5 Å². The molecule has 1 heterocycles. The van der Waals surface area contributed by atoms with Crippen LogP contribution in [0, 0.1) is 6.92 Å². The minimum atomic E-state index is -0.147. The Labute approximate surface area is 186 Å². The second-order valence-corrected chi connectivity index (χ2v) is 8.75. The highest BCUT2D eigenvalue weighted by atomic mass is 16.2. The van der Waals surface area contributed by atoms with Crippen LogP contribution in [0.2, 0.25) is 0 Å². The summed E-state index contributed by atoms with van der Waals surface area (Å²) in [6, 6.07) is 13.9. The Bertz CT molecular complexity index is 921. The first-order valence-electron chi connectivity index (χ1n) is 11.4. The molecule has 1 unspecified atom stereocenters. The molecule has 2 amide bonds. The van der Waals surface area contributed by atoms with Gasteiger partial charge >= 0.3 is 0 Å². The summed E-state index contributed by atoms with van der Waals surface area (Å²) in [7, 11) is 0. The van der Waals surface area contributed by atoms with Crippen molar-refractivity contribution in [3.05, 3.63) is 59.2 Å². The Kier molecular flexibility index (Phi) is 7.37. The van der Waals surface area contributed by atoms with E-state index in [4.69, 9.17) is 0 Å². The fourth-order valence-electron chi connectivity index (χ4n) is 4.35. The number of hydrogen-bond acceptors (Lipinski definition) is 3. The van der Waals surface area contributed by atoms with Crippen molar-refractivity contribution in [3.8, 4) is 0 Å². The third-order valence-electron chi connectivity index (χ3n) is 6.21. The summed E-state index contributed by atoms with van der Waals surface area (Å²) in [5.41, 5.74) is 4.03. The number of rotatable bonds is 6. The molecule has 1 fully saturated rings. The van der Waals surface area contributed by atoms with E-state index in [-0.39, 0.29) is 17.9 Å². The van der Waals surface area contributed by atoms with Crippen LogP contribution < -0.4 is 10.2 Å². The van der Waals surface area contributed by atoms with Gasteiger partial charge in [0.25, 0.3) is 11.8 Å². The number of hydrogen-bond donors (Lipinski definition) is 1. The minimum absolute atomic E-state index is 0.0781. The van der Waals surface area contributed by atoms with Crippen molar-refractivity contribution in [2.24, 2.45) is 0 Å². The Balaban J connectivity index is 1.70.